The van der Waals surface area contributed by atoms with Gasteiger partial charge in [-0.05, 0) is 48.5 Å². The fraction of sp³-hybridized carbons (Fsp3) is 0.111. The number of nitrogens with zero attached hydrogens (tertiary/aromatic N) is 1. The van der Waals surface area contributed by atoms with Crippen LogP contribution in [0.4, 0.5) is 4.79 Å². The topological polar surface area (TPSA) is 50.5 Å². The summed E-state index contributed by atoms with van der Waals surface area (Å²) in [5.74, 6) is 0.435. The van der Waals surface area contributed by atoms with Crippen LogP contribution in [0.2, 0.25) is 0 Å². The van der Waals surface area contributed by atoms with Gasteiger partial charge < -0.3 is 4.42 Å². The molecule has 0 N–H and O–H groups in total. The van der Waals surface area contributed by atoms with E-state index in [4.69, 9.17) is 4.42 Å². The van der Waals surface area contributed by atoms with Crippen LogP contribution < -0.4 is 0 Å². The molecule has 1 saturated heterocycles. The lowest BCUT2D eigenvalue weighted by Crippen LogP contribution is -2.27. The van der Waals surface area contributed by atoms with Gasteiger partial charge >= 0.3 is 0 Å². The van der Waals surface area contributed by atoms with E-state index in [0.29, 0.717) is 17.2 Å². The number of thioether (sulfide) groups is 1. The van der Waals surface area contributed by atoms with Gasteiger partial charge in [0.05, 0.1) is 17.7 Å². The zero-order valence-electron chi connectivity index (χ0n) is 12.6. The summed E-state index contributed by atoms with van der Waals surface area (Å²) in [5, 5.41) is -0.242. The lowest BCUT2D eigenvalue weighted by atomic mass is 10.1. The summed E-state index contributed by atoms with van der Waals surface area (Å²) in [6.07, 6.45) is 6.67. The summed E-state index contributed by atoms with van der Waals surface area (Å²) < 4.78 is 5.17. The van der Waals surface area contributed by atoms with Crippen LogP contribution in [0.25, 0.3) is 6.08 Å². The van der Waals surface area contributed by atoms with E-state index in [2.05, 4.69) is 0 Å². The first-order valence-electron chi connectivity index (χ1n) is 7.14. The van der Waals surface area contributed by atoms with Crippen molar-refractivity contribution >= 4 is 29.0 Å². The molecule has 2 aromatic rings. The van der Waals surface area contributed by atoms with Crippen LogP contribution in [0.3, 0.4) is 0 Å². The molecule has 0 spiro atoms. The molecule has 116 valence electrons. The van der Waals surface area contributed by atoms with E-state index in [9.17, 15) is 9.59 Å². The van der Waals surface area contributed by atoms with Gasteiger partial charge in [0, 0.05) is 0 Å². The molecule has 1 aromatic carbocycles. The minimum atomic E-state index is -0.260. The fourth-order valence-electron chi connectivity index (χ4n) is 2.14. The molecule has 1 fully saturated rings. The number of hydrogen-bond acceptors (Lipinski definition) is 4. The molecule has 1 aliphatic heterocycles. The van der Waals surface area contributed by atoms with Crippen LogP contribution in [0, 0.1) is 6.92 Å². The van der Waals surface area contributed by atoms with Gasteiger partial charge in [-0.25, -0.2) is 0 Å². The lowest BCUT2D eigenvalue weighted by molar-refractivity contribution is -0.123. The Bertz CT molecular complexity index is 773. The van der Waals surface area contributed by atoms with Gasteiger partial charge in [-0.3, -0.25) is 14.5 Å². The Hall–Kier alpha value is -2.53. The average Bonchev–Trinajstić information content (AvgIpc) is 3.14. The molecule has 4 nitrogen and oxygen atoms in total. The Morgan fingerprint density at radius 3 is 2.65 bits per heavy atom. The van der Waals surface area contributed by atoms with Crippen molar-refractivity contribution in [1.82, 2.24) is 4.90 Å². The molecule has 5 heteroatoms. The number of benzene rings is 1. The van der Waals surface area contributed by atoms with Crippen molar-refractivity contribution in [2.24, 2.45) is 0 Å². The van der Waals surface area contributed by atoms with Gasteiger partial charge in [0.25, 0.3) is 11.1 Å². The largest absolute Gasteiger partial charge is 0.465 e. The molecular weight excluding hydrogens is 310 g/mol. The number of allylic oxidation sites excluding steroid dienone is 2. The average molecular weight is 325 g/mol. The van der Waals surface area contributed by atoms with Gasteiger partial charge in [0.1, 0.15) is 5.76 Å². The van der Waals surface area contributed by atoms with Crippen LogP contribution in [0.5, 0.6) is 0 Å². The maximum atomic E-state index is 12.3. The maximum absolute atomic E-state index is 12.3. The van der Waals surface area contributed by atoms with Gasteiger partial charge in [-0.2, -0.15) is 0 Å². The third-order valence-corrected chi connectivity index (χ3v) is 4.31. The Labute approximate surface area is 138 Å². The predicted molar refractivity (Wildman–Crippen MR) is 90.5 cm³/mol. The summed E-state index contributed by atoms with van der Waals surface area (Å²) in [7, 11) is 0. The van der Waals surface area contributed by atoms with Crippen LogP contribution in [-0.4, -0.2) is 16.0 Å². The zero-order valence-corrected chi connectivity index (χ0v) is 13.4. The van der Waals surface area contributed by atoms with Gasteiger partial charge in [-0.1, -0.05) is 35.9 Å². The number of imide groups is 1. The molecule has 23 heavy (non-hydrogen) atoms. The summed E-state index contributed by atoms with van der Waals surface area (Å²) in [6, 6.07) is 11.4. The first-order valence-corrected chi connectivity index (χ1v) is 7.96. The van der Waals surface area contributed by atoms with Crippen molar-refractivity contribution < 1.29 is 14.0 Å². The summed E-state index contributed by atoms with van der Waals surface area (Å²) >= 11 is 0.958. The molecular formula is C18H15NO3S. The van der Waals surface area contributed by atoms with Gasteiger partial charge in [-0.15, -0.1) is 0 Å². The lowest BCUT2D eigenvalue weighted by Gasteiger charge is -2.12. The maximum Gasteiger partial charge on any atom is 0.293 e. The van der Waals surface area contributed by atoms with Crippen LogP contribution in [-0.2, 0) is 11.3 Å². The highest BCUT2D eigenvalue weighted by Gasteiger charge is 2.34. The van der Waals surface area contributed by atoms with Gasteiger partial charge in [0.2, 0.25) is 0 Å². The van der Waals surface area contributed by atoms with Crippen molar-refractivity contribution in [3.8, 4) is 0 Å². The Morgan fingerprint density at radius 1 is 1.17 bits per heavy atom. The van der Waals surface area contributed by atoms with Crippen LogP contribution >= 0.6 is 11.8 Å². The summed E-state index contributed by atoms with van der Waals surface area (Å²) in [5.41, 5.74) is 2.08. The second kappa shape index (κ2) is 6.71. The first-order chi connectivity index (χ1) is 11.1. The number of furan rings is 1. The SMILES string of the molecule is Cc1ccc(CN2C(=O)SC(=CC=Cc3ccco3)C2=O)cc1. The molecule has 1 aromatic heterocycles. The normalized spacial score (nSPS) is 16.9. The molecule has 2 amide bonds. The number of amides is 2. The Morgan fingerprint density at radius 2 is 1.96 bits per heavy atom. The van der Waals surface area contributed by atoms with E-state index < -0.39 is 0 Å². The Balaban J connectivity index is 1.70. The molecule has 0 saturated carbocycles. The van der Waals surface area contributed by atoms with Crippen molar-refractivity contribution in [3.05, 3.63) is 76.6 Å². The molecule has 0 aliphatic carbocycles. The highest BCUT2D eigenvalue weighted by molar-refractivity contribution is 8.18. The molecule has 0 radical (unpaired) electrons. The van der Waals surface area contributed by atoms with E-state index in [-0.39, 0.29) is 11.1 Å². The third-order valence-electron chi connectivity index (χ3n) is 3.39. The highest BCUT2D eigenvalue weighted by Crippen LogP contribution is 2.31. The van der Waals surface area contributed by atoms with Crippen molar-refractivity contribution in [2.75, 3.05) is 0 Å². The smallest absolute Gasteiger partial charge is 0.293 e. The third kappa shape index (κ3) is 3.63. The standard InChI is InChI=1S/C18H15NO3S/c1-13-7-9-14(10-8-13)12-19-17(20)16(23-18(19)21)6-2-4-15-5-3-11-22-15/h2-11H,12H2,1H3. The van der Waals surface area contributed by atoms with E-state index in [1.165, 1.54) is 4.90 Å². The van der Waals surface area contributed by atoms with Crippen LogP contribution in [0.1, 0.15) is 16.9 Å². The zero-order chi connectivity index (χ0) is 16.2. The molecule has 0 bridgehead atoms. The molecule has 0 unspecified atom stereocenters. The quantitative estimate of drug-likeness (QED) is 0.783. The Kier molecular flexibility index (Phi) is 4.48. The van der Waals surface area contributed by atoms with Crippen molar-refractivity contribution in [2.45, 2.75) is 13.5 Å². The first kappa shape index (κ1) is 15.4. The molecule has 0 atom stereocenters. The minimum Gasteiger partial charge on any atom is -0.465 e. The molecule has 1 aliphatic rings. The van der Waals surface area contributed by atoms with E-state index >= 15 is 0 Å². The number of rotatable bonds is 4. The second-order valence-corrected chi connectivity index (χ2v) is 6.14. The second-order valence-electron chi connectivity index (χ2n) is 5.15. The van der Waals surface area contributed by atoms with Crippen molar-refractivity contribution in [3.63, 3.8) is 0 Å². The number of aryl methyl sites for hydroxylation is 1. The molecule has 2 heterocycles. The predicted octanol–water partition coefficient (Wildman–Crippen LogP) is 4.38. The van der Waals surface area contributed by atoms with E-state index in [1.807, 2.05) is 37.3 Å². The molecule has 3 rings (SSSR count). The summed E-state index contributed by atoms with van der Waals surface area (Å²) in [4.78, 5) is 26.1. The van der Waals surface area contributed by atoms with Gasteiger partial charge in [0.15, 0.2) is 0 Å². The van der Waals surface area contributed by atoms with Crippen molar-refractivity contribution in [1.29, 1.82) is 0 Å². The minimum absolute atomic E-state index is 0.242. The van der Waals surface area contributed by atoms with Crippen LogP contribution in [0.15, 0.2) is 64.1 Å². The van der Waals surface area contributed by atoms with E-state index in [0.717, 1.165) is 22.9 Å². The number of carbonyl (C=O) groups is 2. The fourth-order valence-corrected chi connectivity index (χ4v) is 2.93. The summed E-state index contributed by atoms with van der Waals surface area (Å²) in [6.45, 7) is 2.29. The highest BCUT2D eigenvalue weighted by atomic mass is 32.2. The number of hydrogen-bond donors (Lipinski definition) is 0. The number of carbonyl (C=O) groups excluding carboxylic acids is 2. The monoisotopic (exact) mass is 325 g/mol. The van der Waals surface area contributed by atoms with E-state index in [1.54, 1.807) is 30.6 Å².